The van der Waals surface area contributed by atoms with E-state index in [4.69, 9.17) is 0 Å². The molecular formula is C14H17N2O3. The molecule has 3 N–H and O–H groups in total. The van der Waals surface area contributed by atoms with Crippen LogP contribution in [0.15, 0.2) is 24.3 Å². The van der Waals surface area contributed by atoms with E-state index in [1.165, 1.54) is 0 Å². The number of benzene rings is 1. The van der Waals surface area contributed by atoms with Gasteiger partial charge in [-0.2, -0.15) is 0 Å². The Labute approximate surface area is 112 Å². The van der Waals surface area contributed by atoms with Crippen molar-refractivity contribution in [2.24, 2.45) is 0 Å². The fourth-order valence-corrected chi connectivity index (χ4v) is 2.17. The van der Waals surface area contributed by atoms with E-state index in [0.29, 0.717) is 6.42 Å². The van der Waals surface area contributed by atoms with E-state index < -0.39 is 6.04 Å². The molecule has 1 saturated heterocycles. The standard InChI is InChI=1S/C14H17N2O3/c17-9-11(8-10-3-5-12(18)6-4-10)16-14(19)13-2-1-7-15-13/h3-6,11,13,15,18H,1-2,7-8H2,(H,16,19)/t11-,13-/m0/s1. The number of nitrogens with one attached hydrogen (secondary N) is 2. The predicted molar refractivity (Wildman–Crippen MR) is 70.5 cm³/mol. The van der Waals surface area contributed by atoms with Gasteiger partial charge in [0.2, 0.25) is 12.2 Å². The number of phenolic OH excluding ortho intramolecular Hbond substituents is 1. The zero-order valence-electron chi connectivity index (χ0n) is 10.6. The molecule has 1 aliphatic rings. The van der Waals surface area contributed by atoms with Crippen LogP contribution in [0.3, 0.4) is 0 Å². The first-order valence-electron chi connectivity index (χ1n) is 6.38. The van der Waals surface area contributed by atoms with Crippen LogP contribution in [0.1, 0.15) is 18.4 Å². The number of amides is 1. The van der Waals surface area contributed by atoms with Crippen LogP contribution in [0.25, 0.3) is 0 Å². The molecule has 101 valence electrons. The fraction of sp³-hybridized carbons (Fsp3) is 0.429. The highest BCUT2D eigenvalue weighted by atomic mass is 16.3. The van der Waals surface area contributed by atoms with E-state index in [-0.39, 0.29) is 17.7 Å². The third-order valence-corrected chi connectivity index (χ3v) is 3.21. The van der Waals surface area contributed by atoms with E-state index in [1.807, 2.05) is 6.29 Å². The van der Waals surface area contributed by atoms with Gasteiger partial charge in [-0.1, -0.05) is 12.1 Å². The number of aromatic hydroxyl groups is 1. The van der Waals surface area contributed by atoms with Crippen LogP contribution < -0.4 is 10.6 Å². The zero-order chi connectivity index (χ0) is 13.7. The van der Waals surface area contributed by atoms with Gasteiger partial charge in [-0.15, -0.1) is 0 Å². The van der Waals surface area contributed by atoms with Gasteiger partial charge in [0.25, 0.3) is 0 Å². The van der Waals surface area contributed by atoms with Gasteiger partial charge in [-0.05, 0) is 37.1 Å². The minimum Gasteiger partial charge on any atom is -0.508 e. The largest absolute Gasteiger partial charge is 0.508 e. The first-order valence-corrected chi connectivity index (χ1v) is 6.38. The summed E-state index contributed by atoms with van der Waals surface area (Å²) in [6, 6.07) is 5.70. The molecule has 1 fully saturated rings. The molecule has 1 heterocycles. The van der Waals surface area contributed by atoms with Crippen molar-refractivity contribution < 1.29 is 14.7 Å². The average Bonchev–Trinajstić information content (AvgIpc) is 2.94. The minimum absolute atomic E-state index is 0.148. The SMILES string of the molecule is O=[C][C@H](Cc1ccc(O)cc1)NC(=O)[C@@H]1CCCN1. The molecule has 0 bridgehead atoms. The van der Waals surface area contributed by atoms with Crippen molar-refractivity contribution in [2.45, 2.75) is 31.3 Å². The van der Waals surface area contributed by atoms with Gasteiger partial charge in [0, 0.05) is 6.42 Å². The first-order chi connectivity index (χ1) is 9.19. The summed E-state index contributed by atoms with van der Waals surface area (Å²) in [6.45, 7) is 0.839. The molecule has 0 aliphatic carbocycles. The molecule has 1 aromatic rings. The molecule has 2 rings (SSSR count). The molecule has 1 aliphatic heterocycles. The van der Waals surface area contributed by atoms with Crippen molar-refractivity contribution in [1.29, 1.82) is 0 Å². The summed E-state index contributed by atoms with van der Waals surface area (Å²) in [4.78, 5) is 22.8. The minimum atomic E-state index is -0.653. The molecule has 1 radical (unpaired) electrons. The molecule has 19 heavy (non-hydrogen) atoms. The number of carbonyl (C=O) groups excluding carboxylic acids is 2. The molecule has 1 amide bonds. The highest BCUT2D eigenvalue weighted by Gasteiger charge is 2.24. The van der Waals surface area contributed by atoms with Crippen LogP contribution in [0.4, 0.5) is 0 Å². The van der Waals surface area contributed by atoms with Crippen LogP contribution in [0.2, 0.25) is 0 Å². The molecule has 2 atom stereocenters. The second-order valence-electron chi connectivity index (χ2n) is 4.70. The zero-order valence-corrected chi connectivity index (χ0v) is 10.6. The van der Waals surface area contributed by atoms with Crippen LogP contribution in [0, 0.1) is 0 Å². The summed E-state index contributed by atoms with van der Waals surface area (Å²) >= 11 is 0. The van der Waals surface area contributed by atoms with Crippen LogP contribution in [-0.2, 0) is 16.0 Å². The van der Waals surface area contributed by atoms with Crippen molar-refractivity contribution in [3.8, 4) is 5.75 Å². The second kappa shape index (κ2) is 6.33. The van der Waals surface area contributed by atoms with E-state index in [2.05, 4.69) is 10.6 Å². The lowest BCUT2D eigenvalue weighted by molar-refractivity contribution is -0.123. The van der Waals surface area contributed by atoms with Crippen LogP contribution in [-0.4, -0.2) is 35.9 Å². The maximum absolute atomic E-state index is 11.9. The molecule has 0 spiro atoms. The van der Waals surface area contributed by atoms with Gasteiger partial charge in [-0.25, -0.2) is 0 Å². The summed E-state index contributed by atoms with van der Waals surface area (Å²) in [5.74, 6) is 0.0270. The Morgan fingerprint density at radius 2 is 2.21 bits per heavy atom. The normalized spacial score (nSPS) is 19.9. The Morgan fingerprint density at radius 1 is 1.47 bits per heavy atom. The highest BCUT2D eigenvalue weighted by molar-refractivity contribution is 5.84. The maximum atomic E-state index is 11.9. The van der Waals surface area contributed by atoms with Crippen molar-refractivity contribution in [3.63, 3.8) is 0 Å². The van der Waals surface area contributed by atoms with Gasteiger partial charge in [-0.3, -0.25) is 9.59 Å². The third kappa shape index (κ3) is 3.79. The number of rotatable bonds is 5. The number of hydrogen-bond donors (Lipinski definition) is 3. The average molecular weight is 261 g/mol. The number of hydrogen-bond acceptors (Lipinski definition) is 4. The van der Waals surface area contributed by atoms with E-state index in [0.717, 1.165) is 24.9 Å². The van der Waals surface area contributed by atoms with Crippen molar-refractivity contribution in [2.75, 3.05) is 6.54 Å². The molecule has 0 unspecified atom stereocenters. The van der Waals surface area contributed by atoms with Gasteiger partial charge >= 0.3 is 0 Å². The lowest BCUT2D eigenvalue weighted by atomic mass is 10.1. The maximum Gasteiger partial charge on any atom is 0.237 e. The Balaban J connectivity index is 1.90. The smallest absolute Gasteiger partial charge is 0.237 e. The molecular weight excluding hydrogens is 244 g/mol. The fourth-order valence-electron chi connectivity index (χ4n) is 2.17. The van der Waals surface area contributed by atoms with Crippen LogP contribution >= 0.6 is 0 Å². The summed E-state index contributed by atoms with van der Waals surface area (Å²) < 4.78 is 0. The molecule has 0 saturated carbocycles. The van der Waals surface area contributed by atoms with Crippen molar-refractivity contribution >= 4 is 12.2 Å². The summed E-state index contributed by atoms with van der Waals surface area (Å²) in [6.07, 6.45) is 4.00. The Morgan fingerprint density at radius 3 is 2.79 bits per heavy atom. The molecule has 5 heteroatoms. The number of carbonyl (C=O) groups is 1. The third-order valence-electron chi connectivity index (χ3n) is 3.21. The lowest BCUT2D eigenvalue weighted by Gasteiger charge is -2.15. The topological polar surface area (TPSA) is 78.4 Å². The van der Waals surface area contributed by atoms with E-state index >= 15 is 0 Å². The second-order valence-corrected chi connectivity index (χ2v) is 4.70. The first kappa shape index (κ1) is 13.5. The highest BCUT2D eigenvalue weighted by Crippen LogP contribution is 2.11. The Kier molecular flexibility index (Phi) is 4.52. The van der Waals surface area contributed by atoms with E-state index in [1.54, 1.807) is 24.3 Å². The van der Waals surface area contributed by atoms with Gasteiger partial charge in [0.15, 0.2) is 0 Å². The summed E-state index contributed by atoms with van der Waals surface area (Å²) in [7, 11) is 0. The molecule has 0 aromatic heterocycles. The lowest BCUT2D eigenvalue weighted by Crippen LogP contribution is -2.46. The van der Waals surface area contributed by atoms with E-state index in [9.17, 15) is 14.7 Å². The predicted octanol–water partition coefficient (Wildman–Crippen LogP) is 0.281. The van der Waals surface area contributed by atoms with Crippen LogP contribution in [0.5, 0.6) is 5.75 Å². The van der Waals surface area contributed by atoms with Gasteiger partial charge in [0.1, 0.15) is 5.75 Å². The van der Waals surface area contributed by atoms with Crippen molar-refractivity contribution in [1.82, 2.24) is 10.6 Å². The summed E-state index contributed by atoms with van der Waals surface area (Å²) in [5.41, 5.74) is 0.867. The quantitative estimate of drug-likeness (QED) is 0.711. The molecule has 1 aromatic carbocycles. The van der Waals surface area contributed by atoms with Gasteiger partial charge < -0.3 is 15.7 Å². The Bertz CT molecular complexity index is 439. The number of phenols is 1. The van der Waals surface area contributed by atoms with Crippen molar-refractivity contribution in [3.05, 3.63) is 29.8 Å². The van der Waals surface area contributed by atoms with Gasteiger partial charge in [0.05, 0.1) is 12.1 Å². The monoisotopic (exact) mass is 261 g/mol. The Hall–Kier alpha value is -1.88. The molecule has 5 nitrogen and oxygen atoms in total. The summed E-state index contributed by atoms with van der Waals surface area (Å²) in [5, 5.41) is 14.9.